The third-order valence-corrected chi connectivity index (χ3v) is 2.98. The molecule has 96 valence electrons. The third kappa shape index (κ3) is 3.85. The van der Waals surface area contributed by atoms with Crippen LogP contribution in [0.15, 0.2) is 6.07 Å². The normalized spacial score (nSPS) is 14.4. The van der Waals surface area contributed by atoms with Gasteiger partial charge in [0.1, 0.15) is 17.5 Å². The Balaban J connectivity index is 2.89. The van der Waals surface area contributed by atoms with E-state index in [9.17, 15) is 0 Å². The number of anilines is 2. The second-order valence-corrected chi connectivity index (χ2v) is 4.46. The second-order valence-electron chi connectivity index (χ2n) is 4.46. The summed E-state index contributed by atoms with van der Waals surface area (Å²) in [6, 6.07) is 1.73. The number of nitrogen functional groups attached to an aromatic ring is 1. The van der Waals surface area contributed by atoms with E-state index in [0.29, 0.717) is 12.2 Å². The van der Waals surface area contributed by atoms with Crippen molar-refractivity contribution in [3.63, 3.8) is 0 Å². The molecule has 0 aliphatic heterocycles. The molecule has 0 radical (unpaired) electrons. The zero-order valence-electron chi connectivity index (χ0n) is 10.8. The maximum Gasteiger partial charge on any atom is 0.132 e. The lowest BCUT2D eigenvalue weighted by Crippen LogP contribution is -2.35. The average Bonchev–Trinajstić information content (AvgIpc) is 2.28. The molecule has 17 heavy (non-hydrogen) atoms. The van der Waals surface area contributed by atoms with Crippen LogP contribution in [0, 0.1) is 0 Å². The van der Waals surface area contributed by atoms with Crippen LogP contribution in [0.1, 0.15) is 39.4 Å². The summed E-state index contributed by atoms with van der Waals surface area (Å²) in [5.41, 5.74) is 5.56. The van der Waals surface area contributed by atoms with Gasteiger partial charge in [-0.15, -0.1) is 0 Å². The highest BCUT2D eigenvalue weighted by atomic mass is 16.3. The molecule has 1 unspecified atom stereocenters. The van der Waals surface area contributed by atoms with Gasteiger partial charge in [-0.1, -0.05) is 13.8 Å². The molecule has 0 saturated carbocycles. The van der Waals surface area contributed by atoms with E-state index in [4.69, 9.17) is 10.8 Å². The van der Waals surface area contributed by atoms with Gasteiger partial charge in [0.25, 0.3) is 0 Å². The SMILES string of the molecule is CCc1nc(N)cc(NC(C)(CC)CCO)n1. The summed E-state index contributed by atoms with van der Waals surface area (Å²) in [5, 5.41) is 12.4. The van der Waals surface area contributed by atoms with Crippen LogP contribution in [0.3, 0.4) is 0 Å². The number of aliphatic hydroxyl groups is 1. The Kier molecular flexibility index (Phi) is 4.69. The highest BCUT2D eigenvalue weighted by molar-refractivity contribution is 5.46. The van der Waals surface area contributed by atoms with Crippen LogP contribution >= 0.6 is 0 Å². The summed E-state index contributed by atoms with van der Waals surface area (Å²) in [4.78, 5) is 8.51. The molecular weight excluding hydrogens is 216 g/mol. The molecule has 4 N–H and O–H groups in total. The zero-order chi connectivity index (χ0) is 12.9. The molecule has 5 nitrogen and oxygen atoms in total. The molecule has 0 aliphatic rings. The molecule has 0 fully saturated rings. The quantitative estimate of drug-likeness (QED) is 0.701. The van der Waals surface area contributed by atoms with Gasteiger partial charge in [0.05, 0.1) is 0 Å². The van der Waals surface area contributed by atoms with Gasteiger partial charge in [0.2, 0.25) is 0 Å². The van der Waals surface area contributed by atoms with E-state index in [1.807, 2.05) is 6.92 Å². The first-order valence-electron chi connectivity index (χ1n) is 6.05. The van der Waals surface area contributed by atoms with Gasteiger partial charge in [0, 0.05) is 24.6 Å². The third-order valence-electron chi connectivity index (χ3n) is 2.98. The Hall–Kier alpha value is -1.36. The number of nitrogens with two attached hydrogens (primary N) is 1. The molecule has 0 aliphatic carbocycles. The van der Waals surface area contributed by atoms with Crippen molar-refractivity contribution >= 4 is 11.6 Å². The molecule has 1 aromatic rings. The van der Waals surface area contributed by atoms with Crippen LogP contribution in [0.25, 0.3) is 0 Å². The van der Waals surface area contributed by atoms with Gasteiger partial charge in [-0.05, 0) is 19.8 Å². The number of hydrogen-bond acceptors (Lipinski definition) is 5. The lowest BCUT2D eigenvalue weighted by atomic mass is 9.95. The number of nitrogens with one attached hydrogen (secondary N) is 1. The number of rotatable bonds is 6. The summed E-state index contributed by atoms with van der Waals surface area (Å²) in [7, 11) is 0. The fourth-order valence-corrected chi connectivity index (χ4v) is 1.62. The molecule has 0 aromatic carbocycles. The van der Waals surface area contributed by atoms with Crippen LogP contribution < -0.4 is 11.1 Å². The summed E-state index contributed by atoms with van der Waals surface area (Å²) in [5.74, 6) is 1.93. The van der Waals surface area contributed by atoms with Crippen molar-refractivity contribution in [1.82, 2.24) is 9.97 Å². The van der Waals surface area contributed by atoms with Crippen LogP contribution in [0.5, 0.6) is 0 Å². The Morgan fingerprint density at radius 1 is 1.41 bits per heavy atom. The number of aromatic nitrogens is 2. The van der Waals surface area contributed by atoms with Crippen molar-refractivity contribution in [2.45, 2.75) is 45.6 Å². The van der Waals surface area contributed by atoms with E-state index in [2.05, 4.69) is 29.1 Å². The largest absolute Gasteiger partial charge is 0.396 e. The van der Waals surface area contributed by atoms with Crippen molar-refractivity contribution in [1.29, 1.82) is 0 Å². The smallest absolute Gasteiger partial charge is 0.132 e. The van der Waals surface area contributed by atoms with Gasteiger partial charge in [-0.25, -0.2) is 9.97 Å². The average molecular weight is 238 g/mol. The number of aryl methyl sites for hydroxylation is 1. The first-order chi connectivity index (χ1) is 8.03. The molecule has 1 aromatic heterocycles. The Morgan fingerprint density at radius 2 is 2.12 bits per heavy atom. The van der Waals surface area contributed by atoms with Gasteiger partial charge < -0.3 is 16.2 Å². The molecule has 0 saturated heterocycles. The fourth-order valence-electron chi connectivity index (χ4n) is 1.62. The van der Waals surface area contributed by atoms with Gasteiger partial charge in [0.15, 0.2) is 0 Å². The van der Waals surface area contributed by atoms with E-state index in [1.54, 1.807) is 6.07 Å². The van der Waals surface area contributed by atoms with Gasteiger partial charge >= 0.3 is 0 Å². The molecule has 1 rings (SSSR count). The number of hydrogen-bond donors (Lipinski definition) is 3. The first-order valence-corrected chi connectivity index (χ1v) is 6.05. The number of aliphatic hydroxyl groups excluding tert-OH is 1. The molecule has 0 amide bonds. The van der Waals surface area contributed by atoms with Crippen LogP contribution in [0.4, 0.5) is 11.6 Å². The highest BCUT2D eigenvalue weighted by Gasteiger charge is 2.21. The van der Waals surface area contributed by atoms with Crippen molar-refractivity contribution < 1.29 is 5.11 Å². The van der Waals surface area contributed by atoms with Crippen molar-refractivity contribution in [3.8, 4) is 0 Å². The van der Waals surface area contributed by atoms with E-state index < -0.39 is 0 Å². The predicted molar refractivity (Wildman–Crippen MR) is 69.8 cm³/mol. The van der Waals surface area contributed by atoms with Gasteiger partial charge in [-0.3, -0.25) is 0 Å². The number of nitrogens with zero attached hydrogens (tertiary/aromatic N) is 2. The standard InChI is InChI=1S/C12H22N4O/c1-4-10-14-9(13)8-11(15-10)16-12(3,5-2)6-7-17/h8,17H,4-7H2,1-3H3,(H3,13,14,15,16). The maximum absolute atomic E-state index is 9.07. The monoisotopic (exact) mass is 238 g/mol. The van der Waals surface area contributed by atoms with Crippen LogP contribution in [-0.2, 0) is 6.42 Å². The van der Waals surface area contributed by atoms with Crippen LogP contribution in [-0.4, -0.2) is 27.2 Å². The second kappa shape index (κ2) is 5.82. The molecule has 1 atom stereocenters. The molecule has 5 heteroatoms. The summed E-state index contributed by atoms with van der Waals surface area (Å²) >= 11 is 0. The lowest BCUT2D eigenvalue weighted by molar-refractivity contribution is 0.252. The fraction of sp³-hybridized carbons (Fsp3) is 0.667. The Bertz CT molecular complexity index is 370. The van der Waals surface area contributed by atoms with Crippen molar-refractivity contribution in [3.05, 3.63) is 11.9 Å². The van der Waals surface area contributed by atoms with E-state index in [1.165, 1.54) is 0 Å². The Labute approximate surface area is 102 Å². The summed E-state index contributed by atoms with van der Waals surface area (Å²) < 4.78 is 0. The molecular formula is C12H22N4O. The van der Waals surface area contributed by atoms with E-state index >= 15 is 0 Å². The summed E-state index contributed by atoms with van der Waals surface area (Å²) in [6.45, 7) is 6.28. The van der Waals surface area contributed by atoms with E-state index in [0.717, 1.165) is 24.5 Å². The molecule has 0 bridgehead atoms. The first kappa shape index (κ1) is 13.7. The molecule has 1 heterocycles. The minimum atomic E-state index is -0.166. The van der Waals surface area contributed by atoms with Crippen LogP contribution in [0.2, 0.25) is 0 Å². The predicted octanol–water partition coefficient (Wildman–Crippen LogP) is 1.58. The lowest BCUT2D eigenvalue weighted by Gasteiger charge is -2.29. The minimum Gasteiger partial charge on any atom is -0.396 e. The topological polar surface area (TPSA) is 84.1 Å². The maximum atomic E-state index is 9.07. The van der Waals surface area contributed by atoms with E-state index in [-0.39, 0.29) is 12.1 Å². The van der Waals surface area contributed by atoms with Crippen molar-refractivity contribution in [2.24, 2.45) is 0 Å². The molecule has 0 spiro atoms. The van der Waals surface area contributed by atoms with Gasteiger partial charge in [-0.2, -0.15) is 0 Å². The van der Waals surface area contributed by atoms with Crippen molar-refractivity contribution in [2.75, 3.05) is 17.7 Å². The zero-order valence-corrected chi connectivity index (χ0v) is 10.8. The highest BCUT2D eigenvalue weighted by Crippen LogP contribution is 2.21. The minimum absolute atomic E-state index is 0.151. The summed E-state index contributed by atoms with van der Waals surface area (Å²) in [6.07, 6.45) is 2.33. The Morgan fingerprint density at radius 3 is 2.65 bits per heavy atom.